The second-order valence-corrected chi connectivity index (χ2v) is 4.77. The van der Waals surface area contributed by atoms with Crippen LogP contribution < -0.4 is 10.5 Å². The minimum Gasteiger partial charge on any atom is -0.487 e. The van der Waals surface area contributed by atoms with Crippen molar-refractivity contribution in [2.24, 2.45) is 5.73 Å². The van der Waals surface area contributed by atoms with Gasteiger partial charge in [-0.25, -0.2) is 0 Å². The molecule has 2 aromatic rings. The third-order valence-corrected chi connectivity index (χ3v) is 3.18. The van der Waals surface area contributed by atoms with Crippen LogP contribution in [0.25, 0.3) is 0 Å². The summed E-state index contributed by atoms with van der Waals surface area (Å²) in [6.07, 6.45) is 3.29. The van der Waals surface area contributed by atoms with E-state index in [2.05, 4.69) is 16.8 Å². The molecule has 5 heteroatoms. The largest absolute Gasteiger partial charge is 0.487 e. The zero-order valence-corrected chi connectivity index (χ0v) is 12.1. The molecule has 0 saturated carbocycles. The molecule has 0 unspecified atom stereocenters. The molecule has 0 aliphatic heterocycles. The summed E-state index contributed by atoms with van der Waals surface area (Å²) in [4.78, 5) is 4.07. The lowest BCUT2D eigenvalue weighted by Crippen LogP contribution is -1.97. The molecule has 0 radical (unpaired) electrons. The van der Waals surface area contributed by atoms with E-state index in [0.717, 1.165) is 11.1 Å². The molecular weight excluding hydrogens is 295 g/mol. The van der Waals surface area contributed by atoms with Crippen LogP contribution in [0.3, 0.4) is 0 Å². The lowest BCUT2D eigenvalue weighted by Gasteiger charge is -2.07. The first-order chi connectivity index (χ1) is 9.69. The molecule has 0 fully saturated rings. The number of hydrogen-bond donors (Lipinski definition) is 1. The average molecular weight is 307 g/mol. The topological polar surface area (TPSA) is 48.1 Å². The van der Waals surface area contributed by atoms with Crippen LogP contribution >= 0.6 is 23.2 Å². The van der Waals surface area contributed by atoms with Gasteiger partial charge in [0.25, 0.3) is 0 Å². The minimum absolute atomic E-state index is 0.314. The fraction of sp³-hybridized carbons (Fsp3) is 0.133. The van der Waals surface area contributed by atoms with Gasteiger partial charge in [-0.1, -0.05) is 41.1 Å². The summed E-state index contributed by atoms with van der Waals surface area (Å²) in [5.74, 6) is 6.31. The molecular formula is C15H12Cl2N2O. The Morgan fingerprint density at radius 3 is 2.75 bits per heavy atom. The van der Waals surface area contributed by atoms with Crippen molar-refractivity contribution in [3.63, 3.8) is 0 Å². The molecule has 0 aliphatic carbocycles. The van der Waals surface area contributed by atoms with Crippen LogP contribution in [-0.4, -0.2) is 11.5 Å². The third kappa shape index (κ3) is 4.14. The first kappa shape index (κ1) is 14.7. The van der Waals surface area contributed by atoms with Gasteiger partial charge in [-0.15, -0.1) is 0 Å². The van der Waals surface area contributed by atoms with Crippen LogP contribution in [0.1, 0.15) is 11.1 Å². The fourth-order valence-corrected chi connectivity index (χ4v) is 1.84. The first-order valence-corrected chi connectivity index (χ1v) is 6.65. The predicted octanol–water partition coefficient (Wildman–Crippen LogP) is 3.28. The number of hydrogen-bond acceptors (Lipinski definition) is 3. The van der Waals surface area contributed by atoms with E-state index in [1.54, 1.807) is 24.5 Å². The van der Waals surface area contributed by atoms with Gasteiger partial charge >= 0.3 is 0 Å². The van der Waals surface area contributed by atoms with E-state index in [4.69, 9.17) is 33.7 Å². The highest BCUT2D eigenvalue weighted by Crippen LogP contribution is 2.23. The Morgan fingerprint density at radius 2 is 2.00 bits per heavy atom. The van der Waals surface area contributed by atoms with Crippen molar-refractivity contribution in [2.45, 2.75) is 6.61 Å². The van der Waals surface area contributed by atoms with E-state index in [1.165, 1.54) is 0 Å². The van der Waals surface area contributed by atoms with E-state index in [1.807, 2.05) is 12.1 Å². The molecule has 20 heavy (non-hydrogen) atoms. The van der Waals surface area contributed by atoms with Gasteiger partial charge < -0.3 is 10.5 Å². The summed E-state index contributed by atoms with van der Waals surface area (Å²) in [5, 5.41) is 1.03. The van der Waals surface area contributed by atoms with Gasteiger partial charge in [0.1, 0.15) is 12.4 Å². The number of nitrogens with zero attached hydrogens (tertiary/aromatic N) is 1. The highest BCUT2D eigenvalue weighted by atomic mass is 35.5. The molecule has 0 spiro atoms. The van der Waals surface area contributed by atoms with Gasteiger partial charge in [0.2, 0.25) is 0 Å². The van der Waals surface area contributed by atoms with Crippen molar-refractivity contribution in [2.75, 3.05) is 6.54 Å². The number of rotatable bonds is 3. The summed E-state index contributed by atoms with van der Waals surface area (Å²) in [6, 6.07) is 7.19. The van der Waals surface area contributed by atoms with E-state index in [-0.39, 0.29) is 0 Å². The van der Waals surface area contributed by atoms with Gasteiger partial charge in [-0.05, 0) is 23.8 Å². The first-order valence-electron chi connectivity index (χ1n) is 5.90. The number of nitrogens with two attached hydrogens (primary N) is 1. The average Bonchev–Trinajstić information content (AvgIpc) is 2.47. The monoisotopic (exact) mass is 306 g/mol. The van der Waals surface area contributed by atoms with Crippen LogP contribution in [0.2, 0.25) is 10.0 Å². The second-order valence-electron chi connectivity index (χ2n) is 3.95. The third-order valence-electron chi connectivity index (χ3n) is 2.44. The summed E-state index contributed by atoms with van der Waals surface area (Å²) < 4.78 is 5.64. The van der Waals surface area contributed by atoms with Crippen molar-refractivity contribution in [3.8, 4) is 17.6 Å². The molecule has 1 heterocycles. The van der Waals surface area contributed by atoms with Crippen LogP contribution in [-0.2, 0) is 6.61 Å². The van der Waals surface area contributed by atoms with E-state index < -0.39 is 0 Å². The number of ether oxygens (including phenoxy) is 1. The minimum atomic E-state index is 0.314. The van der Waals surface area contributed by atoms with Crippen molar-refractivity contribution >= 4 is 23.2 Å². The van der Waals surface area contributed by atoms with E-state index in [9.17, 15) is 0 Å². The molecule has 1 aromatic heterocycles. The lowest BCUT2D eigenvalue weighted by atomic mass is 10.2. The standard InChI is InChI=1S/C15H12Cl2N2O/c16-14-4-3-12(7-15(14)17)10-20-13-6-11(2-1-5-18)8-19-9-13/h3-4,6-9H,5,10,18H2. The Kier molecular flexibility index (Phi) is 5.25. The SMILES string of the molecule is NCC#Cc1cncc(OCc2ccc(Cl)c(Cl)c2)c1. The van der Waals surface area contributed by atoms with Crippen molar-refractivity contribution in [3.05, 3.63) is 57.8 Å². The van der Waals surface area contributed by atoms with Gasteiger partial charge in [0.05, 0.1) is 22.8 Å². The Bertz CT molecular complexity index is 662. The van der Waals surface area contributed by atoms with E-state index in [0.29, 0.717) is 28.9 Å². The Balaban J connectivity index is 2.05. The van der Waals surface area contributed by atoms with Gasteiger partial charge in [0, 0.05) is 11.8 Å². The molecule has 0 atom stereocenters. The predicted molar refractivity (Wildman–Crippen MR) is 81.0 cm³/mol. The fourth-order valence-electron chi connectivity index (χ4n) is 1.52. The Hall–Kier alpha value is -1.73. The van der Waals surface area contributed by atoms with Crippen LogP contribution in [0, 0.1) is 11.8 Å². The molecule has 3 nitrogen and oxygen atoms in total. The maximum absolute atomic E-state index is 5.95. The van der Waals surface area contributed by atoms with E-state index >= 15 is 0 Å². The molecule has 0 bridgehead atoms. The Morgan fingerprint density at radius 1 is 1.15 bits per heavy atom. The zero-order valence-electron chi connectivity index (χ0n) is 10.6. The van der Waals surface area contributed by atoms with Crippen molar-refractivity contribution in [1.82, 2.24) is 4.98 Å². The number of benzene rings is 1. The van der Waals surface area contributed by atoms with Crippen molar-refractivity contribution in [1.29, 1.82) is 0 Å². The molecule has 0 amide bonds. The summed E-state index contributed by atoms with van der Waals surface area (Å²) in [7, 11) is 0. The van der Waals surface area contributed by atoms with Gasteiger partial charge in [-0.2, -0.15) is 0 Å². The van der Waals surface area contributed by atoms with Crippen LogP contribution in [0.5, 0.6) is 5.75 Å². The lowest BCUT2D eigenvalue weighted by molar-refractivity contribution is 0.305. The van der Waals surface area contributed by atoms with Gasteiger partial charge in [-0.3, -0.25) is 4.98 Å². The molecule has 0 saturated heterocycles. The number of halogens is 2. The Labute approximate surface area is 127 Å². The van der Waals surface area contributed by atoms with Crippen molar-refractivity contribution < 1.29 is 4.74 Å². The highest BCUT2D eigenvalue weighted by Gasteiger charge is 2.01. The highest BCUT2D eigenvalue weighted by molar-refractivity contribution is 6.42. The molecule has 2 N–H and O–H groups in total. The van der Waals surface area contributed by atoms with Gasteiger partial charge in [0.15, 0.2) is 0 Å². The maximum atomic E-state index is 5.95. The smallest absolute Gasteiger partial charge is 0.139 e. The molecule has 1 aromatic carbocycles. The normalized spacial score (nSPS) is 9.75. The molecule has 0 aliphatic rings. The summed E-state index contributed by atoms with van der Waals surface area (Å²) in [5.41, 5.74) is 7.02. The second kappa shape index (κ2) is 7.16. The summed E-state index contributed by atoms with van der Waals surface area (Å²) >= 11 is 11.8. The molecule has 102 valence electrons. The van der Waals surface area contributed by atoms with Crippen LogP contribution in [0.15, 0.2) is 36.7 Å². The maximum Gasteiger partial charge on any atom is 0.139 e. The zero-order chi connectivity index (χ0) is 14.4. The van der Waals surface area contributed by atoms with Crippen LogP contribution in [0.4, 0.5) is 0 Å². The summed E-state index contributed by atoms with van der Waals surface area (Å²) in [6.45, 7) is 0.695. The number of pyridine rings is 1. The number of aromatic nitrogens is 1. The quantitative estimate of drug-likeness (QED) is 0.885. The molecule has 2 rings (SSSR count).